The number of carbonyl (C=O) groups excluding carboxylic acids is 1. The normalized spacial score (nSPS) is 38.4. The minimum Gasteiger partial charge on any atom is -0.462 e. The predicted molar refractivity (Wildman–Crippen MR) is 44.0 cm³/mol. The van der Waals surface area contributed by atoms with Gasteiger partial charge in [-0.15, -0.1) is 0 Å². The van der Waals surface area contributed by atoms with Crippen LogP contribution in [0.4, 0.5) is 0 Å². The highest BCUT2D eigenvalue weighted by Gasteiger charge is 2.40. The molecule has 0 aromatic heterocycles. The van der Waals surface area contributed by atoms with Crippen LogP contribution in [-0.4, -0.2) is 31.6 Å². The molecule has 0 N–H and O–H groups in total. The Hall–Kier alpha value is -0.610. The largest absolute Gasteiger partial charge is 0.462 e. The molecule has 2 aliphatic heterocycles. The van der Waals surface area contributed by atoms with E-state index in [2.05, 4.69) is 0 Å². The molecule has 0 aliphatic carbocycles. The van der Waals surface area contributed by atoms with Crippen molar-refractivity contribution in [3.8, 4) is 0 Å². The zero-order valence-electron chi connectivity index (χ0n) is 7.69. The van der Waals surface area contributed by atoms with Crippen molar-refractivity contribution in [1.29, 1.82) is 0 Å². The van der Waals surface area contributed by atoms with Crippen molar-refractivity contribution in [2.75, 3.05) is 13.2 Å². The van der Waals surface area contributed by atoms with Crippen LogP contribution in [0.5, 0.6) is 0 Å². The third-order valence-corrected chi connectivity index (χ3v) is 2.56. The molecule has 2 rings (SSSR count). The van der Waals surface area contributed by atoms with Gasteiger partial charge in [0.25, 0.3) is 0 Å². The Labute approximate surface area is 77.1 Å². The molecule has 2 aliphatic rings. The van der Waals surface area contributed by atoms with Gasteiger partial charge in [0.2, 0.25) is 0 Å². The number of rotatable bonds is 1. The number of hydrogen-bond donors (Lipinski definition) is 0. The van der Waals surface area contributed by atoms with Gasteiger partial charge in [-0.05, 0) is 6.42 Å². The number of esters is 1. The molecule has 13 heavy (non-hydrogen) atoms. The average Bonchev–Trinajstić information content (AvgIpc) is 2.51. The van der Waals surface area contributed by atoms with Gasteiger partial charge in [-0.3, -0.25) is 4.79 Å². The average molecular weight is 186 g/mol. The first kappa shape index (κ1) is 8.97. The van der Waals surface area contributed by atoms with Gasteiger partial charge in [-0.25, -0.2) is 0 Å². The quantitative estimate of drug-likeness (QED) is 0.565. The van der Waals surface area contributed by atoms with Crippen molar-refractivity contribution >= 4 is 5.97 Å². The van der Waals surface area contributed by atoms with Crippen LogP contribution in [0.2, 0.25) is 0 Å². The maximum absolute atomic E-state index is 10.8. The summed E-state index contributed by atoms with van der Waals surface area (Å²) in [7, 11) is 0. The monoisotopic (exact) mass is 186 g/mol. The Morgan fingerprint density at radius 1 is 1.31 bits per heavy atom. The van der Waals surface area contributed by atoms with Gasteiger partial charge >= 0.3 is 5.97 Å². The second kappa shape index (κ2) is 3.64. The summed E-state index contributed by atoms with van der Waals surface area (Å²) in [5.41, 5.74) is 0. The fourth-order valence-electron chi connectivity index (χ4n) is 1.99. The highest BCUT2D eigenvalue weighted by atomic mass is 16.7. The van der Waals surface area contributed by atoms with E-state index in [-0.39, 0.29) is 24.3 Å². The van der Waals surface area contributed by atoms with Crippen molar-refractivity contribution in [2.24, 2.45) is 5.92 Å². The molecule has 0 saturated carbocycles. The summed E-state index contributed by atoms with van der Waals surface area (Å²) in [4.78, 5) is 10.8. The Morgan fingerprint density at radius 2 is 2.00 bits per heavy atom. The first-order chi connectivity index (χ1) is 6.27. The standard InChI is InChI=1S/C9H14O4/c1-6(10)13-8-3-5-12-9-7(8)2-4-11-9/h7-9H,2-5H2,1H3/t7-,8-,9+/m1/s1. The highest BCUT2D eigenvalue weighted by molar-refractivity contribution is 5.66. The van der Waals surface area contributed by atoms with Crippen LogP contribution in [0.25, 0.3) is 0 Å². The molecular weight excluding hydrogens is 172 g/mol. The van der Waals surface area contributed by atoms with E-state index in [1.54, 1.807) is 0 Å². The lowest BCUT2D eigenvalue weighted by Crippen LogP contribution is -2.39. The number of fused-ring (bicyclic) bond motifs is 1. The third-order valence-electron chi connectivity index (χ3n) is 2.56. The van der Waals surface area contributed by atoms with Crippen LogP contribution in [0, 0.1) is 5.92 Å². The Morgan fingerprint density at radius 3 is 2.69 bits per heavy atom. The summed E-state index contributed by atoms with van der Waals surface area (Å²) in [5.74, 6) is 0.0372. The highest BCUT2D eigenvalue weighted by Crippen LogP contribution is 2.32. The molecule has 2 heterocycles. The van der Waals surface area contributed by atoms with Crippen LogP contribution < -0.4 is 0 Å². The van der Waals surface area contributed by atoms with Crippen molar-refractivity contribution in [3.05, 3.63) is 0 Å². The summed E-state index contributed by atoms with van der Waals surface area (Å²) in [6.07, 6.45) is 1.59. The zero-order valence-corrected chi connectivity index (χ0v) is 7.69. The van der Waals surface area contributed by atoms with E-state index >= 15 is 0 Å². The smallest absolute Gasteiger partial charge is 0.302 e. The maximum Gasteiger partial charge on any atom is 0.302 e. The first-order valence-electron chi connectivity index (χ1n) is 4.68. The summed E-state index contributed by atoms with van der Waals surface area (Å²) in [6.45, 7) is 2.78. The minimum absolute atomic E-state index is 0.00116. The van der Waals surface area contributed by atoms with Crippen LogP contribution in [0.15, 0.2) is 0 Å². The van der Waals surface area contributed by atoms with E-state index in [1.165, 1.54) is 6.92 Å². The van der Waals surface area contributed by atoms with Gasteiger partial charge in [0.1, 0.15) is 6.10 Å². The fraction of sp³-hybridized carbons (Fsp3) is 0.889. The lowest BCUT2D eigenvalue weighted by molar-refractivity contribution is -0.193. The van der Waals surface area contributed by atoms with Crippen LogP contribution in [0.1, 0.15) is 19.8 Å². The zero-order chi connectivity index (χ0) is 9.26. The molecule has 0 amide bonds. The summed E-state index contributed by atoms with van der Waals surface area (Å²) >= 11 is 0. The lowest BCUT2D eigenvalue weighted by Gasteiger charge is -2.31. The van der Waals surface area contributed by atoms with E-state index in [0.717, 1.165) is 12.8 Å². The number of carbonyl (C=O) groups is 1. The van der Waals surface area contributed by atoms with Gasteiger partial charge in [-0.2, -0.15) is 0 Å². The summed E-state index contributed by atoms with van der Waals surface area (Å²) < 4.78 is 16.0. The van der Waals surface area contributed by atoms with Crippen LogP contribution in [0.3, 0.4) is 0 Å². The minimum atomic E-state index is -0.211. The molecule has 2 fully saturated rings. The van der Waals surface area contributed by atoms with Gasteiger partial charge < -0.3 is 14.2 Å². The van der Waals surface area contributed by atoms with Crippen molar-refractivity contribution in [1.82, 2.24) is 0 Å². The number of ether oxygens (including phenoxy) is 3. The van der Waals surface area contributed by atoms with E-state index in [1.807, 2.05) is 0 Å². The molecule has 74 valence electrons. The van der Waals surface area contributed by atoms with E-state index in [0.29, 0.717) is 13.2 Å². The summed E-state index contributed by atoms with van der Waals surface area (Å²) in [5, 5.41) is 0. The second-order valence-corrected chi connectivity index (χ2v) is 3.50. The molecule has 3 atom stereocenters. The molecule has 0 aromatic carbocycles. The Kier molecular flexibility index (Phi) is 2.51. The van der Waals surface area contributed by atoms with Gasteiger partial charge in [-0.1, -0.05) is 0 Å². The van der Waals surface area contributed by atoms with Crippen LogP contribution >= 0.6 is 0 Å². The first-order valence-corrected chi connectivity index (χ1v) is 4.68. The van der Waals surface area contributed by atoms with Gasteiger partial charge in [0, 0.05) is 19.3 Å². The molecule has 0 bridgehead atoms. The SMILES string of the molecule is CC(=O)O[C@@H]1CCO[C@@H]2OCC[C@@H]21. The molecule has 4 nitrogen and oxygen atoms in total. The van der Waals surface area contributed by atoms with Crippen molar-refractivity contribution in [2.45, 2.75) is 32.2 Å². The third kappa shape index (κ3) is 1.84. The summed E-state index contributed by atoms with van der Waals surface area (Å²) in [6, 6.07) is 0. The molecule has 2 saturated heterocycles. The molecule has 4 heteroatoms. The lowest BCUT2D eigenvalue weighted by atomic mass is 9.95. The van der Waals surface area contributed by atoms with Crippen molar-refractivity contribution < 1.29 is 19.0 Å². The molecule has 0 spiro atoms. The second-order valence-electron chi connectivity index (χ2n) is 3.50. The van der Waals surface area contributed by atoms with E-state index < -0.39 is 0 Å². The molecular formula is C9H14O4. The maximum atomic E-state index is 10.8. The van der Waals surface area contributed by atoms with E-state index in [4.69, 9.17) is 14.2 Å². The van der Waals surface area contributed by atoms with E-state index in [9.17, 15) is 4.79 Å². The van der Waals surface area contributed by atoms with Crippen LogP contribution in [-0.2, 0) is 19.0 Å². The molecule has 0 unspecified atom stereocenters. The predicted octanol–water partition coefficient (Wildman–Crippen LogP) is 0.701. The Balaban J connectivity index is 1.97. The van der Waals surface area contributed by atoms with Crippen molar-refractivity contribution in [3.63, 3.8) is 0 Å². The topological polar surface area (TPSA) is 44.8 Å². The Bertz CT molecular complexity index is 204. The number of hydrogen-bond acceptors (Lipinski definition) is 4. The fourth-order valence-corrected chi connectivity index (χ4v) is 1.99. The van der Waals surface area contributed by atoms with Gasteiger partial charge in [0.15, 0.2) is 6.29 Å². The molecule has 0 radical (unpaired) electrons. The molecule has 0 aromatic rings. The van der Waals surface area contributed by atoms with Gasteiger partial charge in [0.05, 0.1) is 13.2 Å².